The maximum Gasteiger partial charge on any atom is 0.410 e. The molecule has 2 amide bonds. The Morgan fingerprint density at radius 1 is 1.13 bits per heavy atom. The van der Waals surface area contributed by atoms with Gasteiger partial charge in [0.15, 0.2) is 0 Å². The van der Waals surface area contributed by atoms with E-state index in [1.165, 1.54) is 0 Å². The number of aryl methyl sites for hydroxylation is 1. The van der Waals surface area contributed by atoms with Crippen LogP contribution in [0.2, 0.25) is 0 Å². The first-order valence-corrected chi connectivity index (χ1v) is 12.7. The van der Waals surface area contributed by atoms with Gasteiger partial charge in [-0.1, -0.05) is 30.3 Å². The largest absolute Gasteiger partial charge is 0.489 e. The van der Waals surface area contributed by atoms with Crippen molar-refractivity contribution in [3.63, 3.8) is 0 Å². The highest BCUT2D eigenvalue weighted by Crippen LogP contribution is 2.30. The van der Waals surface area contributed by atoms with Gasteiger partial charge in [-0.25, -0.2) is 4.79 Å². The van der Waals surface area contributed by atoms with Crippen molar-refractivity contribution in [2.24, 2.45) is 0 Å². The minimum atomic E-state index is -0.635. The third-order valence-electron chi connectivity index (χ3n) is 6.20. The van der Waals surface area contributed by atoms with Gasteiger partial charge in [0.05, 0.1) is 18.2 Å². The molecule has 2 aromatic carbocycles. The van der Waals surface area contributed by atoms with Crippen LogP contribution in [0.15, 0.2) is 52.9 Å². The van der Waals surface area contributed by atoms with Crippen molar-refractivity contribution >= 4 is 23.0 Å². The van der Waals surface area contributed by atoms with E-state index >= 15 is 0 Å². The van der Waals surface area contributed by atoms with E-state index in [0.717, 1.165) is 5.56 Å². The Bertz CT molecular complexity index is 1250. The van der Waals surface area contributed by atoms with Gasteiger partial charge in [0.25, 0.3) is 5.91 Å². The van der Waals surface area contributed by atoms with Crippen LogP contribution in [-0.4, -0.2) is 61.6 Å². The summed E-state index contributed by atoms with van der Waals surface area (Å²) >= 11 is 0. The number of amides is 2. The van der Waals surface area contributed by atoms with Crippen molar-refractivity contribution < 1.29 is 33.0 Å². The average molecular weight is 525 g/mol. The van der Waals surface area contributed by atoms with Crippen LogP contribution in [0.3, 0.4) is 0 Å². The minimum Gasteiger partial charge on any atom is -0.489 e. The molecule has 2 atom stereocenters. The molecule has 9 heteroatoms. The van der Waals surface area contributed by atoms with Crippen molar-refractivity contribution in [3.8, 4) is 5.75 Å². The Morgan fingerprint density at radius 3 is 2.61 bits per heavy atom. The number of carbonyl (C=O) groups excluding carboxylic acids is 2. The summed E-state index contributed by atoms with van der Waals surface area (Å²) in [5, 5.41) is 3.76. The van der Waals surface area contributed by atoms with E-state index in [2.05, 4.69) is 5.32 Å². The summed E-state index contributed by atoms with van der Waals surface area (Å²) < 4.78 is 27.9. The molecule has 1 saturated heterocycles. The van der Waals surface area contributed by atoms with Gasteiger partial charge in [-0.05, 0) is 57.9 Å². The molecule has 0 aliphatic carbocycles. The molecule has 38 heavy (non-hydrogen) atoms. The average Bonchev–Trinajstić information content (AvgIpc) is 3.41. The lowest BCUT2D eigenvalue weighted by atomic mass is 10.1. The van der Waals surface area contributed by atoms with Gasteiger partial charge in [-0.2, -0.15) is 0 Å². The number of methoxy groups -OCH3 is 1. The molecule has 1 unspecified atom stereocenters. The summed E-state index contributed by atoms with van der Waals surface area (Å²) in [5.41, 5.74) is 1.47. The SMILES string of the molecule is COCOCC1C[C@H](NC(=O)c2c(C)oc3ccc(OCc4ccccc4)cc23)CN1C(=O)OC(C)(C)C. The molecule has 0 radical (unpaired) electrons. The normalized spacial score (nSPS) is 17.6. The second-order valence-electron chi connectivity index (χ2n) is 10.4. The number of nitrogens with one attached hydrogen (secondary N) is 1. The smallest absolute Gasteiger partial charge is 0.410 e. The van der Waals surface area contributed by atoms with E-state index in [1.807, 2.05) is 69.3 Å². The Balaban J connectivity index is 1.48. The number of hydrogen-bond acceptors (Lipinski definition) is 7. The molecule has 3 aromatic rings. The van der Waals surface area contributed by atoms with Crippen LogP contribution >= 0.6 is 0 Å². The lowest BCUT2D eigenvalue weighted by Gasteiger charge is -2.28. The Labute approximate surface area is 223 Å². The Hall–Kier alpha value is -3.56. The van der Waals surface area contributed by atoms with Gasteiger partial charge in [0.2, 0.25) is 0 Å². The van der Waals surface area contributed by atoms with Gasteiger partial charge < -0.3 is 33.6 Å². The van der Waals surface area contributed by atoms with Gasteiger partial charge in [-0.3, -0.25) is 4.79 Å². The number of carbonyl (C=O) groups is 2. The molecule has 204 valence electrons. The maximum absolute atomic E-state index is 13.5. The number of rotatable bonds is 9. The minimum absolute atomic E-state index is 0.116. The molecule has 1 aliphatic heterocycles. The summed E-state index contributed by atoms with van der Waals surface area (Å²) in [5.74, 6) is 0.886. The number of furan rings is 1. The highest BCUT2D eigenvalue weighted by Gasteiger charge is 2.38. The zero-order chi connectivity index (χ0) is 27.3. The fraction of sp³-hybridized carbons (Fsp3) is 0.448. The predicted molar refractivity (Wildman–Crippen MR) is 142 cm³/mol. The van der Waals surface area contributed by atoms with E-state index in [-0.39, 0.29) is 31.4 Å². The second-order valence-corrected chi connectivity index (χ2v) is 10.4. The van der Waals surface area contributed by atoms with Gasteiger partial charge in [0, 0.05) is 25.1 Å². The molecule has 1 aromatic heterocycles. The van der Waals surface area contributed by atoms with Crippen LogP contribution in [0.4, 0.5) is 4.79 Å². The molecule has 1 N–H and O–H groups in total. The van der Waals surface area contributed by atoms with Crippen molar-refractivity contribution in [1.82, 2.24) is 10.2 Å². The van der Waals surface area contributed by atoms with Gasteiger partial charge >= 0.3 is 6.09 Å². The first-order valence-electron chi connectivity index (χ1n) is 12.7. The summed E-state index contributed by atoms with van der Waals surface area (Å²) in [6.45, 7) is 8.34. The number of likely N-dealkylation sites (tertiary alicyclic amines) is 1. The van der Waals surface area contributed by atoms with Crippen LogP contribution in [0.5, 0.6) is 5.75 Å². The maximum atomic E-state index is 13.5. The van der Waals surface area contributed by atoms with E-state index in [9.17, 15) is 9.59 Å². The Kier molecular flexibility index (Phi) is 8.58. The zero-order valence-corrected chi connectivity index (χ0v) is 22.6. The fourth-order valence-electron chi connectivity index (χ4n) is 4.56. The summed E-state index contributed by atoms with van der Waals surface area (Å²) in [4.78, 5) is 27.9. The van der Waals surface area contributed by atoms with E-state index in [4.69, 9.17) is 23.4 Å². The highest BCUT2D eigenvalue weighted by atomic mass is 16.7. The lowest BCUT2D eigenvalue weighted by molar-refractivity contribution is -0.0497. The van der Waals surface area contributed by atoms with Gasteiger partial charge in [0.1, 0.15) is 36.1 Å². The number of fused-ring (bicyclic) bond motifs is 1. The van der Waals surface area contributed by atoms with Crippen molar-refractivity contribution in [3.05, 3.63) is 65.4 Å². The molecular weight excluding hydrogens is 488 g/mol. The third-order valence-corrected chi connectivity index (χ3v) is 6.20. The van der Waals surface area contributed by atoms with E-state index in [1.54, 1.807) is 18.9 Å². The molecule has 4 rings (SSSR count). The third kappa shape index (κ3) is 6.85. The van der Waals surface area contributed by atoms with Crippen LogP contribution in [0.1, 0.15) is 48.9 Å². The molecule has 2 heterocycles. The summed E-state index contributed by atoms with van der Waals surface area (Å²) in [6.07, 6.45) is 0.0834. The molecule has 1 fully saturated rings. The lowest BCUT2D eigenvalue weighted by Crippen LogP contribution is -2.43. The quantitative estimate of drug-likeness (QED) is 0.309. The summed E-state index contributed by atoms with van der Waals surface area (Å²) in [7, 11) is 1.54. The first kappa shape index (κ1) is 27.5. The van der Waals surface area contributed by atoms with Crippen molar-refractivity contribution in [2.45, 2.75) is 58.4 Å². The molecular formula is C29H36N2O7. The topological polar surface area (TPSA) is 99.5 Å². The standard InChI is InChI=1S/C29H36N2O7/c1-19-26(24-14-23(11-12-25(24)37-19)36-16-20-9-7-6-8-10-20)27(32)30-21-13-22(17-35-18-34-5)31(15-21)28(33)38-29(2,3)4/h6-12,14,21-22H,13,15-18H2,1-5H3,(H,30,32)/t21-,22?/m0/s1. The van der Waals surface area contributed by atoms with Crippen molar-refractivity contribution in [1.29, 1.82) is 0 Å². The number of benzene rings is 2. The number of ether oxygens (including phenoxy) is 4. The monoisotopic (exact) mass is 524 g/mol. The van der Waals surface area contributed by atoms with E-state index in [0.29, 0.717) is 47.6 Å². The molecule has 0 spiro atoms. The molecule has 9 nitrogen and oxygen atoms in total. The molecule has 0 bridgehead atoms. The second kappa shape index (κ2) is 11.9. The highest BCUT2D eigenvalue weighted by molar-refractivity contribution is 6.07. The molecule has 1 aliphatic rings. The van der Waals surface area contributed by atoms with Crippen LogP contribution < -0.4 is 10.1 Å². The van der Waals surface area contributed by atoms with E-state index < -0.39 is 11.7 Å². The van der Waals surface area contributed by atoms with Crippen LogP contribution in [0.25, 0.3) is 11.0 Å². The molecule has 0 saturated carbocycles. The van der Waals surface area contributed by atoms with Crippen LogP contribution in [-0.2, 0) is 20.8 Å². The van der Waals surface area contributed by atoms with Gasteiger partial charge in [-0.15, -0.1) is 0 Å². The van der Waals surface area contributed by atoms with Crippen molar-refractivity contribution in [2.75, 3.05) is 27.1 Å². The fourth-order valence-corrected chi connectivity index (χ4v) is 4.56. The number of nitrogens with zero attached hydrogens (tertiary/aromatic N) is 1. The predicted octanol–water partition coefficient (Wildman–Crippen LogP) is 5.05. The first-order chi connectivity index (χ1) is 18.1. The van der Waals surface area contributed by atoms with Crippen LogP contribution in [0, 0.1) is 6.92 Å². The summed E-state index contributed by atoms with van der Waals surface area (Å²) in [6, 6.07) is 14.8. The zero-order valence-electron chi connectivity index (χ0n) is 22.6. The number of hydrogen-bond donors (Lipinski definition) is 1. The Morgan fingerprint density at radius 2 is 1.89 bits per heavy atom.